The van der Waals surface area contributed by atoms with E-state index in [2.05, 4.69) is 12.2 Å². The number of unbranched alkanes of at least 4 members (excludes halogenated alkanes) is 11. The maximum Gasteiger partial charge on any atom is 0.251 e. The Morgan fingerprint density at radius 3 is 2.10 bits per heavy atom. The van der Waals surface area contributed by atoms with Gasteiger partial charge in [-0.2, -0.15) is 0 Å². The minimum atomic E-state index is -1.64. The Morgan fingerprint density at radius 1 is 0.929 bits per heavy atom. The van der Waals surface area contributed by atoms with Crippen LogP contribution in [0.2, 0.25) is 5.02 Å². The normalized spacial score (nSPS) is 24.7. The molecule has 1 aliphatic rings. The minimum Gasteiger partial charge on any atom is -0.394 e. The molecule has 1 amide bonds. The molecular formula is C31H52ClNO9. The Hall–Kier alpha value is -1.34. The number of nitrogens with one attached hydrogen (secondary N) is 1. The van der Waals surface area contributed by atoms with Crippen LogP contribution in [-0.4, -0.2) is 98.7 Å². The standard InChI is InChI=1S/C31H52ClNO9/c1-2-3-4-5-6-7-8-9-10-11-12-13-17-24(35)26(36)23(33-30(40)21-15-14-16-22(32)18-21)20-41-31-29(39)28(38)27(37)25(19-34)42-31/h14-16,18,23-29,31,34-39H,2-13,17,19-20H2,1H3,(H,33,40). The van der Waals surface area contributed by atoms with E-state index < -0.39 is 68.1 Å². The van der Waals surface area contributed by atoms with Crippen molar-refractivity contribution >= 4 is 17.5 Å². The first-order chi connectivity index (χ1) is 20.2. The number of carbonyl (C=O) groups is 1. The molecule has 8 unspecified atom stereocenters. The largest absolute Gasteiger partial charge is 0.394 e. The summed E-state index contributed by atoms with van der Waals surface area (Å²) < 4.78 is 11.0. The molecule has 1 aliphatic heterocycles. The third-order valence-electron chi connectivity index (χ3n) is 7.85. The quantitative estimate of drug-likeness (QED) is 0.102. The number of hydrogen-bond donors (Lipinski definition) is 7. The monoisotopic (exact) mass is 617 g/mol. The van der Waals surface area contributed by atoms with Crippen LogP contribution in [0.15, 0.2) is 24.3 Å². The maximum atomic E-state index is 12.9. The van der Waals surface area contributed by atoms with Gasteiger partial charge in [-0.05, 0) is 24.6 Å². The average molecular weight is 618 g/mol. The Bertz CT molecular complexity index is 877. The van der Waals surface area contributed by atoms with Gasteiger partial charge in [-0.3, -0.25) is 4.79 Å². The molecule has 0 aliphatic carbocycles. The molecule has 242 valence electrons. The summed E-state index contributed by atoms with van der Waals surface area (Å²) in [6.07, 6.45) is 4.38. The van der Waals surface area contributed by atoms with E-state index in [-0.39, 0.29) is 5.56 Å². The van der Waals surface area contributed by atoms with Crippen LogP contribution in [0.4, 0.5) is 0 Å². The van der Waals surface area contributed by atoms with Gasteiger partial charge in [-0.1, -0.05) is 102 Å². The number of carbonyl (C=O) groups excluding carboxylic acids is 1. The van der Waals surface area contributed by atoms with E-state index in [0.29, 0.717) is 17.9 Å². The average Bonchev–Trinajstić information content (AvgIpc) is 2.98. The summed E-state index contributed by atoms with van der Waals surface area (Å²) in [6.45, 7) is 1.20. The van der Waals surface area contributed by atoms with Gasteiger partial charge in [0, 0.05) is 10.6 Å². The van der Waals surface area contributed by atoms with Crippen molar-refractivity contribution in [2.75, 3.05) is 13.2 Å². The van der Waals surface area contributed by atoms with Crippen molar-refractivity contribution in [1.29, 1.82) is 0 Å². The fourth-order valence-electron chi connectivity index (χ4n) is 5.14. The highest BCUT2D eigenvalue weighted by Crippen LogP contribution is 2.23. The zero-order valence-corrected chi connectivity index (χ0v) is 25.6. The minimum absolute atomic E-state index is 0.239. The van der Waals surface area contributed by atoms with E-state index in [1.807, 2.05) is 0 Å². The summed E-state index contributed by atoms with van der Waals surface area (Å²) in [5.41, 5.74) is 0.239. The van der Waals surface area contributed by atoms with Crippen LogP contribution < -0.4 is 5.32 Å². The zero-order chi connectivity index (χ0) is 30.9. The lowest BCUT2D eigenvalue weighted by Gasteiger charge is -2.40. The van der Waals surface area contributed by atoms with E-state index in [9.17, 15) is 35.4 Å². The first-order valence-electron chi connectivity index (χ1n) is 15.5. The molecule has 11 heteroatoms. The smallest absolute Gasteiger partial charge is 0.251 e. The molecule has 0 radical (unpaired) electrons. The molecule has 1 fully saturated rings. The van der Waals surface area contributed by atoms with Crippen molar-refractivity contribution in [1.82, 2.24) is 5.32 Å². The number of hydrogen-bond acceptors (Lipinski definition) is 9. The van der Waals surface area contributed by atoms with Crippen molar-refractivity contribution < 1.29 is 44.9 Å². The fraction of sp³-hybridized carbons (Fsp3) is 0.774. The molecular weight excluding hydrogens is 566 g/mol. The summed E-state index contributed by atoms with van der Waals surface area (Å²) in [7, 11) is 0. The second-order valence-electron chi connectivity index (χ2n) is 11.4. The van der Waals surface area contributed by atoms with Crippen LogP contribution in [-0.2, 0) is 9.47 Å². The highest BCUT2D eigenvalue weighted by Gasteiger charge is 2.44. The molecule has 0 aromatic heterocycles. The van der Waals surface area contributed by atoms with Gasteiger partial charge in [0.05, 0.1) is 25.4 Å². The van der Waals surface area contributed by atoms with E-state index in [4.69, 9.17) is 21.1 Å². The van der Waals surface area contributed by atoms with E-state index in [0.717, 1.165) is 19.3 Å². The molecule has 42 heavy (non-hydrogen) atoms. The van der Waals surface area contributed by atoms with E-state index in [1.165, 1.54) is 57.4 Å². The molecule has 7 N–H and O–H groups in total. The third kappa shape index (κ3) is 12.7. The van der Waals surface area contributed by atoms with Crippen LogP contribution in [0.25, 0.3) is 0 Å². The summed E-state index contributed by atoms with van der Waals surface area (Å²) in [4.78, 5) is 12.9. The van der Waals surface area contributed by atoms with Gasteiger partial charge in [0.25, 0.3) is 5.91 Å². The number of halogens is 1. The molecule has 8 atom stereocenters. The summed E-state index contributed by atoms with van der Waals surface area (Å²) in [5.74, 6) is -0.559. The zero-order valence-electron chi connectivity index (χ0n) is 24.8. The number of rotatable bonds is 21. The molecule has 0 spiro atoms. The molecule has 1 saturated heterocycles. The Morgan fingerprint density at radius 2 is 1.52 bits per heavy atom. The molecule has 10 nitrogen and oxygen atoms in total. The lowest BCUT2D eigenvalue weighted by atomic mass is 9.98. The Balaban J connectivity index is 1.86. The van der Waals surface area contributed by atoms with E-state index >= 15 is 0 Å². The van der Waals surface area contributed by atoms with Crippen molar-refractivity contribution in [3.05, 3.63) is 34.9 Å². The molecule has 1 heterocycles. The summed E-state index contributed by atoms with van der Waals surface area (Å²) in [5, 5.41) is 64.5. The summed E-state index contributed by atoms with van der Waals surface area (Å²) >= 11 is 6.01. The molecule has 2 rings (SSSR count). The number of benzene rings is 1. The second kappa shape index (κ2) is 20.6. The van der Waals surface area contributed by atoms with Crippen molar-refractivity contribution in [2.45, 2.75) is 139 Å². The Labute approximate surface area is 255 Å². The molecule has 0 bridgehead atoms. The Kier molecular flexibility index (Phi) is 18.1. The van der Waals surface area contributed by atoms with Gasteiger partial charge in [0.15, 0.2) is 6.29 Å². The number of aliphatic hydroxyl groups excluding tert-OH is 6. The van der Waals surface area contributed by atoms with Gasteiger partial charge in [0.1, 0.15) is 30.5 Å². The fourth-order valence-corrected chi connectivity index (χ4v) is 5.33. The number of amides is 1. The van der Waals surface area contributed by atoms with Crippen molar-refractivity contribution in [3.63, 3.8) is 0 Å². The van der Waals surface area contributed by atoms with Crippen LogP contribution in [0, 0.1) is 0 Å². The van der Waals surface area contributed by atoms with Gasteiger partial charge in [0.2, 0.25) is 0 Å². The second-order valence-corrected chi connectivity index (χ2v) is 11.8. The van der Waals surface area contributed by atoms with Gasteiger partial charge in [-0.25, -0.2) is 0 Å². The lowest BCUT2D eigenvalue weighted by molar-refractivity contribution is -0.303. The number of aliphatic hydroxyl groups is 6. The van der Waals surface area contributed by atoms with Crippen LogP contribution >= 0.6 is 11.6 Å². The molecule has 1 aromatic carbocycles. The SMILES string of the molecule is CCCCCCCCCCCCCCC(O)C(O)C(COC1OC(CO)C(O)C(O)C1O)NC(=O)c1cccc(Cl)c1. The topological polar surface area (TPSA) is 169 Å². The van der Waals surface area contributed by atoms with Gasteiger partial charge in [-0.15, -0.1) is 0 Å². The highest BCUT2D eigenvalue weighted by molar-refractivity contribution is 6.30. The first kappa shape index (κ1) is 36.8. The number of ether oxygens (including phenoxy) is 2. The van der Waals surface area contributed by atoms with Crippen LogP contribution in [0.1, 0.15) is 101 Å². The molecule has 1 aromatic rings. The summed E-state index contributed by atoms with van der Waals surface area (Å²) in [6, 6.07) is 5.12. The van der Waals surface area contributed by atoms with Crippen LogP contribution in [0.3, 0.4) is 0 Å². The molecule has 0 saturated carbocycles. The van der Waals surface area contributed by atoms with Crippen molar-refractivity contribution in [2.24, 2.45) is 0 Å². The van der Waals surface area contributed by atoms with Crippen molar-refractivity contribution in [3.8, 4) is 0 Å². The van der Waals surface area contributed by atoms with E-state index in [1.54, 1.807) is 18.2 Å². The van der Waals surface area contributed by atoms with Gasteiger partial charge >= 0.3 is 0 Å². The first-order valence-corrected chi connectivity index (χ1v) is 15.9. The predicted octanol–water partition coefficient (Wildman–Crippen LogP) is 3.07. The third-order valence-corrected chi connectivity index (χ3v) is 8.09. The van der Waals surface area contributed by atoms with Crippen LogP contribution in [0.5, 0.6) is 0 Å². The highest BCUT2D eigenvalue weighted by atomic mass is 35.5. The van der Waals surface area contributed by atoms with Gasteiger partial charge < -0.3 is 45.4 Å². The lowest BCUT2D eigenvalue weighted by Crippen LogP contribution is -2.60. The predicted molar refractivity (Wildman–Crippen MR) is 160 cm³/mol. The maximum absolute atomic E-state index is 12.9.